The number of alkyl carbamates (subject to hydrolysis) is 1. The smallest absolute Gasteiger partial charge is 0.408 e. The largest absolute Gasteiger partial charge is 0.480 e. The maximum Gasteiger partial charge on any atom is 0.408 e. The van der Waals surface area contributed by atoms with Gasteiger partial charge >= 0.3 is 18.0 Å². The van der Waals surface area contributed by atoms with Gasteiger partial charge in [0.15, 0.2) is 0 Å². The number of hydrogen-bond donors (Lipinski definition) is 3. The first-order valence-corrected chi connectivity index (χ1v) is 11.2. The molecule has 2 aromatic carbocycles. The van der Waals surface area contributed by atoms with E-state index >= 15 is 0 Å². The number of amides is 1. The summed E-state index contributed by atoms with van der Waals surface area (Å²) in [5, 5.41) is 11.5. The van der Waals surface area contributed by atoms with Gasteiger partial charge in [-0.25, -0.2) is 9.59 Å². The number of carboxylic acid groups (broad SMARTS) is 1. The Labute approximate surface area is 201 Å². The fraction of sp³-hybridized carbons (Fsp3) is 0.423. The molecule has 34 heavy (non-hydrogen) atoms. The van der Waals surface area contributed by atoms with Crippen LogP contribution in [-0.2, 0) is 31.9 Å². The average molecular weight is 473 g/mol. The van der Waals surface area contributed by atoms with Crippen LogP contribution in [0.1, 0.15) is 44.7 Å². The summed E-state index contributed by atoms with van der Waals surface area (Å²) in [7, 11) is 1.35. The van der Waals surface area contributed by atoms with Crippen molar-refractivity contribution in [2.45, 2.75) is 64.1 Å². The van der Waals surface area contributed by atoms with Crippen molar-refractivity contribution in [1.82, 2.24) is 5.32 Å². The van der Waals surface area contributed by atoms with Crippen molar-refractivity contribution in [3.8, 4) is 0 Å². The highest BCUT2D eigenvalue weighted by Crippen LogP contribution is 2.09. The third kappa shape index (κ3) is 12.6. The van der Waals surface area contributed by atoms with Crippen LogP contribution in [0.15, 0.2) is 60.7 Å². The zero-order valence-electron chi connectivity index (χ0n) is 20.3. The number of carbonyl (C=O) groups excluding carboxylic acids is 2. The molecule has 0 heterocycles. The van der Waals surface area contributed by atoms with E-state index in [0.29, 0.717) is 19.3 Å². The summed E-state index contributed by atoms with van der Waals surface area (Å²) in [6.07, 6.45) is 1.61. The van der Waals surface area contributed by atoms with Crippen molar-refractivity contribution in [1.29, 1.82) is 0 Å². The number of nitrogens with one attached hydrogen (secondary N) is 1. The van der Waals surface area contributed by atoms with E-state index < -0.39 is 29.7 Å². The van der Waals surface area contributed by atoms with Crippen LogP contribution < -0.4 is 11.1 Å². The minimum Gasteiger partial charge on any atom is -0.480 e. The van der Waals surface area contributed by atoms with Gasteiger partial charge in [0.05, 0.1) is 7.11 Å². The van der Waals surface area contributed by atoms with Gasteiger partial charge in [0.2, 0.25) is 0 Å². The lowest BCUT2D eigenvalue weighted by molar-refractivity contribution is -0.142. The summed E-state index contributed by atoms with van der Waals surface area (Å²) in [5.74, 6) is -1.41. The van der Waals surface area contributed by atoms with Crippen LogP contribution in [0.4, 0.5) is 4.79 Å². The second kappa shape index (κ2) is 14.7. The van der Waals surface area contributed by atoms with E-state index in [0.717, 1.165) is 12.0 Å². The van der Waals surface area contributed by atoms with Crippen LogP contribution in [0, 0.1) is 0 Å². The first kappa shape index (κ1) is 28.6. The Kier molecular flexibility index (Phi) is 12.4. The van der Waals surface area contributed by atoms with Crippen molar-refractivity contribution in [2.24, 2.45) is 5.73 Å². The van der Waals surface area contributed by atoms with E-state index in [1.54, 1.807) is 20.8 Å². The molecule has 4 N–H and O–H groups in total. The zero-order valence-corrected chi connectivity index (χ0v) is 20.3. The number of benzene rings is 2. The standard InChI is InChI=1S/C15H21NO4.C11H15NO2/c1-15(2,3)20-14(19)16-12(13(17)18)10-9-11-7-5-4-6-8-11;1-14-11(13)10(12)8-7-9-5-3-2-4-6-9/h4-8,12H,9-10H2,1-3H3,(H,16,19)(H,17,18);2-6,10H,7-8,12H2,1H3/t12-;10-/m11/s1. The molecule has 2 aromatic rings. The number of esters is 1. The summed E-state index contributed by atoms with van der Waals surface area (Å²) in [6.45, 7) is 5.19. The van der Waals surface area contributed by atoms with Crippen molar-refractivity contribution >= 4 is 18.0 Å². The number of methoxy groups -OCH3 is 1. The second-order valence-corrected chi connectivity index (χ2v) is 8.72. The van der Waals surface area contributed by atoms with E-state index in [9.17, 15) is 14.4 Å². The normalized spacial score (nSPS) is 12.4. The van der Waals surface area contributed by atoms with Crippen LogP contribution in [-0.4, -0.2) is 47.9 Å². The molecular weight excluding hydrogens is 436 g/mol. The fourth-order valence-corrected chi connectivity index (χ4v) is 2.90. The number of aliphatic carboxylic acids is 1. The summed E-state index contributed by atoms with van der Waals surface area (Å²) < 4.78 is 9.59. The number of ether oxygens (including phenoxy) is 2. The molecule has 0 fully saturated rings. The number of hydrogen-bond acceptors (Lipinski definition) is 6. The molecule has 0 saturated heterocycles. The average Bonchev–Trinajstić information content (AvgIpc) is 2.80. The highest BCUT2D eigenvalue weighted by molar-refractivity contribution is 5.80. The second-order valence-electron chi connectivity index (χ2n) is 8.72. The summed E-state index contributed by atoms with van der Waals surface area (Å²) in [6, 6.07) is 18.0. The van der Waals surface area contributed by atoms with Crippen molar-refractivity contribution in [3.05, 3.63) is 71.8 Å². The Morgan fingerprint density at radius 1 is 0.912 bits per heavy atom. The molecule has 0 aliphatic rings. The maximum absolute atomic E-state index is 11.6. The van der Waals surface area contributed by atoms with Gasteiger partial charge in [0.25, 0.3) is 0 Å². The Morgan fingerprint density at radius 2 is 1.38 bits per heavy atom. The molecule has 186 valence electrons. The molecule has 0 unspecified atom stereocenters. The Morgan fingerprint density at radius 3 is 1.79 bits per heavy atom. The molecule has 2 rings (SSSR count). The molecule has 0 aliphatic carbocycles. The molecule has 0 spiro atoms. The van der Waals surface area contributed by atoms with Gasteiger partial charge in [-0.15, -0.1) is 0 Å². The van der Waals surface area contributed by atoms with Gasteiger partial charge in [-0.3, -0.25) is 4.79 Å². The topological polar surface area (TPSA) is 128 Å². The van der Waals surface area contributed by atoms with Crippen molar-refractivity contribution in [3.63, 3.8) is 0 Å². The fourth-order valence-electron chi connectivity index (χ4n) is 2.90. The van der Waals surface area contributed by atoms with Crippen LogP contribution >= 0.6 is 0 Å². The number of carbonyl (C=O) groups is 3. The maximum atomic E-state index is 11.6. The molecule has 0 aliphatic heterocycles. The molecule has 0 bridgehead atoms. The summed E-state index contributed by atoms with van der Waals surface area (Å²) in [4.78, 5) is 33.7. The predicted octanol–water partition coefficient (Wildman–Crippen LogP) is 3.72. The zero-order chi connectivity index (χ0) is 25.6. The van der Waals surface area contributed by atoms with Gasteiger partial charge in [-0.05, 0) is 57.6 Å². The molecule has 8 heteroatoms. The van der Waals surface area contributed by atoms with E-state index in [2.05, 4.69) is 10.1 Å². The minimum absolute atomic E-state index is 0.318. The molecular formula is C26H36N2O6. The number of aryl methyl sites for hydroxylation is 2. The third-order valence-electron chi connectivity index (χ3n) is 4.64. The predicted molar refractivity (Wildman–Crippen MR) is 130 cm³/mol. The number of nitrogens with two attached hydrogens (primary N) is 1. The van der Waals surface area contributed by atoms with Gasteiger partial charge in [0.1, 0.15) is 17.7 Å². The number of carboxylic acids is 1. The quantitative estimate of drug-likeness (QED) is 0.475. The first-order chi connectivity index (χ1) is 16.0. The molecule has 0 radical (unpaired) electrons. The number of rotatable bonds is 9. The molecule has 0 aromatic heterocycles. The van der Waals surface area contributed by atoms with E-state index in [4.69, 9.17) is 15.6 Å². The Hall–Kier alpha value is -3.39. The summed E-state index contributed by atoms with van der Waals surface area (Å²) >= 11 is 0. The lowest BCUT2D eigenvalue weighted by atomic mass is 10.1. The van der Waals surface area contributed by atoms with Crippen molar-refractivity contribution < 1.29 is 29.0 Å². The van der Waals surface area contributed by atoms with E-state index in [1.165, 1.54) is 12.7 Å². The molecule has 0 saturated carbocycles. The monoisotopic (exact) mass is 472 g/mol. The van der Waals surface area contributed by atoms with Gasteiger partial charge in [-0.1, -0.05) is 60.7 Å². The third-order valence-corrected chi connectivity index (χ3v) is 4.64. The first-order valence-electron chi connectivity index (χ1n) is 11.2. The molecule has 1 amide bonds. The summed E-state index contributed by atoms with van der Waals surface area (Å²) in [5.41, 5.74) is 7.17. The van der Waals surface area contributed by atoms with Gasteiger partial charge in [-0.2, -0.15) is 0 Å². The van der Waals surface area contributed by atoms with Gasteiger partial charge in [0, 0.05) is 0 Å². The minimum atomic E-state index is -1.06. The van der Waals surface area contributed by atoms with Crippen LogP contribution in [0.3, 0.4) is 0 Å². The molecule has 8 nitrogen and oxygen atoms in total. The van der Waals surface area contributed by atoms with E-state index in [1.807, 2.05) is 60.7 Å². The molecule has 2 atom stereocenters. The van der Waals surface area contributed by atoms with Gasteiger partial charge < -0.3 is 25.6 Å². The van der Waals surface area contributed by atoms with E-state index in [-0.39, 0.29) is 5.97 Å². The lowest BCUT2D eigenvalue weighted by Crippen LogP contribution is -2.43. The lowest BCUT2D eigenvalue weighted by Gasteiger charge is -2.22. The van der Waals surface area contributed by atoms with Crippen LogP contribution in [0.25, 0.3) is 0 Å². The SMILES string of the molecule is CC(C)(C)OC(=O)N[C@H](CCc1ccccc1)C(=O)O.COC(=O)[C@H](N)CCc1ccccc1. The Bertz CT molecular complexity index is 881. The van der Waals surface area contributed by atoms with Crippen LogP contribution in [0.5, 0.6) is 0 Å². The van der Waals surface area contributed by atoms with Crippen LogP contribution in [0.2, 0.25) is 0 Å². The van der Waals surface area contributed by atoms with Crippen molar-refractivity contribution in [2.75, 3.05) is 7.11 Å². The Balaban J connectivity index is 0.000000362. The highest BCUT2D eigenvalue weighted by Gasteiger charge is 2.23. The highest BCUT2D eigenvalue weighted by atomic mass is 16.6.